The van der Waals surface area contributed by atoms with E-state index < -0.39 is 48.4 Å². The monoisotopic (exact) mass is 312 g/mol. The van der Waals surface area contributed by atoms with Gasteiger partial charge in [-0.3, -0.25) is 9.78 Å². The number of halogens is 5. The predicted molar refractivity (Wildman–Crippen MR) is 62.4 cm³/mol. The van der Waals surface area contributed by atoms with Gasteiger partial charge < -0.3 is 10.5 Å². The summed E-state index contributed by atoms with van der Waals surface area (Å²) in [4.78, 5) is 14.7. The molecule has 0 aromatic carbocycles. The average molecular weight is 312 g/mol. The third-order valence-electron chi connectivity index (χ3n) is 2.56. The van der Waals surface area contributed by atoms with Gasteiger partial charge in [-0.15, -0.1) is 0 Å². The number of alkyl halides is 5. The van der Waals surface area contributed by atoms with Gasteiger partial charge in [0.15, 0.2) is 0 Å². The molecule has 21 heavy (non-hydrogen) atoms. The number of ether oxygens (including phenoxy) is 1. The van der Waals surface area contributed by atoms with Crippen molar-refractivity contribution in [2.45, 2.75) is 32.5 Å². The first-order valence-corrected chi connectivity index (χ1v) is 5.94. The molecule has 0 aliphatic heterocycles. The Bertz CT molecular complexity index is 517. The van der Waals surface area contributed by atoms with Gasteiger partial charge >= 0.3 is 12.1 Å². The zero-order chi connectivity index (χ0) is 16.2. The van der Waals surface area contributed by atoms with E-state index in [-0.39, 0.29) is 12.3 Å². The first-order chi connectivity index (χ1) is 9.70. The summed E-state index contributed by atoms with van der Waals surface area (Å²) in [6.07, 6.45) is -9.10. The molecule has 0 radical (unpaired) electrons. The Labute approximate surface area is 117 Å². The van der Waals surface area contributed by atoms with Crippen molar-refractivity contribution in [3.05, 3.63) is 28.6 Å². The van der Waals surface area contributed by atoms with E-state index in [1.165, 1.54) is 6.92 Å². The van der Waals surface area contributed by atoms with Gasteiger partial charge in [0.05, 0.1) is 24.3 Å². The number of nitrogens with two attached hydrogens (primary N) is 1. The third-order valence-corrected chi connectivity index (χ3v) is 2.56. The summed E-state index contributed by atoms with van der Waals surface area (Å²) in [5.41, 5.74) is 1.51. The minimum absolute atomic E-state index is 0.0709. The van der Waals surface area contributed by atoms with Crippen LogP contribution in [0.5, 0.6) is 0 Å². The molecule has 0 amide bonds. The molecule has 0 aliphatic carbocycles. The number of hydrogen-bond acceptors (Lipinski definition) is 4. The Morgan fingerprint density at radius 1 is 1.43 bits per heavy atom. The molecule has 2 N–H and O–H groups in total. The van der Waals surface area contributed by atoms with Gasteiger partial charge in [-0.2, -0.15) is 13.2 Å². The maximum absolute atomic E-state index is 13.0. The van der Waals surface area contributed by atoms with E-state index in [0.717, 1.165) is 0 Å². The quantitative estimate of drug-likeness (QED) is 0.670. The van der Waals surface area contributed by atoms with Crippen LogP contribution in [0.15, 0.2) is 6.07 Å². The molecule has 118 valence electrons. The molecule has 0 spiro atoms. The topological polar surface area (TPSA) is 65.2 Å². The molecule has 1 aromatic rings. The smallest absolute Gasteiger partial charge is 0.416 e. The van der Waals surface area contributed by atoms with Gasteiger partial charge in [-0.05, 0) is 13.0 Å². The Kier molecular flexibility index (Phi) is 5.59. The van der Waals surface area contributed by atoms with Crippen LogP contribution in [-0.2, 0) is 28.7 Å². The largest absolute Gasteiger partial charge is 0.466 e. The van der Waals surface area contributed by atoms with E-state index in [9.17, 15) is 26.7 Å². The van der Waals surface area contributed by atoms with Crippen molar-refractivity contribution in [3.8, 4) is 0 Å². The van der Waals surface area contributed by atoms with Gasteiger partial charge in [0.2, 0.25) is 0 Å². The van der Waals surface area contributed by atoms with Gasteiger partial charge in [-0.1, -0.05) is 0 Å². The maximum atomic E-state index is 13.0. The Hall–Kier alpha value is -1.77. The number of aromatic nitrogens is 1. The van der Waals surface area contributed by atoms with Crippen molar-refractivity contribution in [2.24, 2.45) is 5.73 Å². The number of rotatable bonds is 5. The second kappa shape index (κ2) is 6.79. The van der Waals surface area contributed by atoms with Crippen LogP contribution in [0.4, 0.5) is 22.0 Å². The van der Waals surface area contributed by atoms with Crippen molar-refractivity contribution in [1.29, 1.82) is 0 Å². The summed E-state index contributed by atoms with van der Waals surface area (Å²) >= 11 is 0. The second-order valence-electron chi connectivity index (χ2n) is 4.01. The van der Waals surface area contributed by atoms with Crippen molar-refractivity contribution in [3.63, 3.8) is 0 Å². The second-order valence-corrected chi connectivity index (χ2v) is 4.01. The summed E-state index contributed by atoms with van der Waals surface area (Å²) in [7, 11) is 0. The summed E-state index contributed by atoms with van der Waals surface area (Å²) in [6.45, 7) is 0.952. The normalized spacial score (nSPS) is 11.8. The molecule has 0 fully saturated rings. The summed E-state index contributed by atoms with van der Waals surface area (Å²) in [5, 5.41) is 0. The predicted octanol–water partition coefficient (Wildman–Crippen LogP) is 2.60. The number of esters is 1. The number of nitrogens with zero attached hydrogens (tertiary/aromatic N) is 1. The van der Waals surface area contributed by atoms with E-state index in [0.29, 0.717) is 6.07 Å². The fourth-order valence-corrected chi connectivity index (χ4v) is 1.73. The first kappa shape index (κ1) is 17.3. The minimum Gasteiger partial charge on any atom is -0.466 e. The van der Waals surface area contributed by atoms with Crippen LogP contribution in [0, 0.1) is 0 Å². The summed E-state index contributed by atoms with van der Waals surface area (Å²) in [5.74, 6) is -1.04. The van der Waals surface area contributed by atoms with Crippen molar-refractivity contribution >= 4 is 5.97 Å². The average Bonchev–Trinajstić information content (AvgIpc) is 2.37. The van der Waals surface area contributed by atoms with Gasteiger partial charge in [0, 0.05) is 12.1 Å². The van der Waals surface area contributed by atoms with Crippen molar-refractivity contribution in [2.75, 3.05) is 6.61 Å². The molecule has 0 saturated carbocycles. The zero-order valence-electron chi connectivity index (χ0n) is 11.0. The lowest BCUT2D eigenvalue weighted by Gasteiger charge is -2.17. The molecule has 0 aliphatic rings. The van der Waals surface area contributed by atoms with Crippen LogP contribution in [0.1, 0.15) is 35.9 Å². The van der Waals surface area contributed by atoms with Gasteiger partial charge in [0.25, 0.3) is 6.43 Å². The Morgan fingerprint density at radius 2 is 2.05 bits per heavy atom. The fourth-order valence-electron chi connectivity index (χ4n) is 1.73. The molecule has 0 atom stereocenters. The molecule has 1 aromatic heterocycles. The van der Waals surface area contributed by atoms with Crippen LogP contribution in [0.25, 0.3) is 0 Å². The fraction of sp³-hybridized carbons (Fsp3) is 0.500. The van der Waals surface area contributed by atoms with Crippen LogP contribution in [0.3, 0.4) is 0 Å². The summed E-state index contributed by atoms with van der Waals surface area (Å²) in [6, 6.07) is 0.570. The molecule has 9 heteroatoms. The number of carbonyl (C=O) groups is 1. The van der Waals surface area contributed by atoms with Crippen LogP contribution < -0.4 is 5.73 Å². The molecule has 1 rings (SSSR count). The molecular weight excluding hydrogens is 299 g/mol. The highest BCUT2D eigenvalue weighted by molar-refractivity contribution is 5.73. The molecule has 1 heterocycles. The molecule has 0 unspecified atom stereocenters. The summed E-state index contributed by atoms with van der Waals surface area (Å²) < 4.78 is 69.3. The highest BCUT2D eigenvalue weighted by Crippen LogP contribution is 2.36. The Balaban J connectivity index is 3.44. The van der Waals surface area contributed by atoms with Crippen LogP contribution >= 0.6 is 0 Å². The number of pyridine rings is 1. The third kappa shape index (κ3) is 4.35. The first-order valence-electron chi connectivity index (χ1n) is 5.94. The molecule has 0 saturated heterocycles. The Morgan fingerprint density at radius 3 is 2.48 bits per heavy atom. The van der Waals surface area contributed by atoms with Gasteiger partial charge in [-0.25, -0.2) is 8.78 Å². The standard InChI is InChI=1S/C12H13F5N2O2/c1-2-21-9(20)4-7-8(12(15,16)17)3-6(5-18)19-10(7)11(13)14/h3,11H,2,4-5,18H2,1H3. The van der Waals surface area contributed by atoms with E-state index in [1.54, 1.807) is 0 Å². The zero-order valence-corrected chi connectivity index (χ0v) is 11.0. The van der Waals surface area contributed by atoms with Crippen LogP contribution in [-0.4, -0.2) is 17.6 Å². The lowest BCUT2D eigenvalue weighted by atomic mass is 10.0. The van der Waals surface area contributed by atoms with Crippen LogP contribution in [0.2, 0.25) is 0 Å². The molecule has 4 nitrogen and oxygen atoms in total. The minimum atomic E-state index is -4.90. The molecular formula is C12H13F5N2O2. The number of carbonyl (C=O) groups excluding carboxylic acids is 1. The highest BCUT2D eigenvalue weighted by Gasteiger charge is 2.37. The van der Waals surface area contributed by atoms with E-state index in [2.05, 4.69) is 9.72 Å². The highest BCUT2D eigenvalue weighted by atomic mass is 19.4. The van der Waals surface area contributed by atoms with Crippen molar-refractivity contribution in [1.82, 2.24) is 4.98 Å². The SMILES string of the molecule is CCOC(=O)Cc1c(C(F)(F)F)cc(CN)nc1C(F)F. The lowest BCUT2D eigenvalue weighted by Crippen LogP contribution is -2.19. The lowest BCUT2D eigenvalue weighted by molar-refractivity contribution is -0.143. The number of hydrogen-bond donors (Lipinski definition) is 1. The van der Waals surface area contributed by atoms with E-state index in [1.807, 2.05) is 0 Å². The van der Waals surface area contributed by atoms with E-state index in [4.69, 9.17) is 5.73 Å². The van der Waals surface area contributed by atoms with Gasteiger partial charge in [0.1, 0.15) is 5.69 Å². The molecule has 0 bridgehead atoms. The maximum Gasteiger partial charge on any atom is 0.416 e. The van der Waals surface area contributed by atoms with Crippen molar-refractivity contribution < 1.29 is 31.5 Å². The van der Waals surface area contributed by atoms with E-state index >= 15 is 0 Å².